The standard InChI is InChI=1S/C23H27N3O3/c1-16(2)15-26-12-9-18-14-19(5-6-20(18)26)24-22(27)17-7-10-25(11-8-17)23(28)21-4-3-13-29-21/h3-6,9,12-14,16-17H,7-8,10-11,15H2,1-2H3,(H,24,27). The van der Waals surface area contributed by atoms with Gasteiger partial charge in [-0.3, -0.25) is 9.59 Å². The quantitative estimate of drug-likeness (QED) is 0.699. The zero-order valence-electron chi connectivity index (χ0n) is 16.9. The van der Waals surface area contributed by atoms with Gasteiger partial charge in [-0.05, 0) is 55.2 Å². The van der Waals surface area contributed by atoms with E-state index in [0.717, 1.165) is 17.6 Å². The first-order chi connectivity index (χ1) is 14.0. The third-order valence-electron chi connectivity index (χ3n) is 5.49. The van der Waals surface area contributed by atoms with Gasteiger partial charge in [0.05, 0.1) is 6.26 Å². The van der Waals surface area contributed by atoms with Crippen LogP contribution in [0.3, 0.4) is 0 Å². The SMILES string of the molecule is CC(C)Cn1ccc2cc(NC(=O)C3CCN(C(=O)c4ccco4)CC3)ccc21. The number of benzene rings is 1. The molecule has 2 aromatic heterocycles. The highest BCUT2D eigenvalue weighted by Gasteiger charge is 2.28. The first-order valence-corrected chi connectivity index (χ1v) is 10.2. The molecule has 3 heterocycles. The van der Waals surface area contributed by atoms with Crippen molar-refractivity contribution in [2.24, 2.45) is 11.8 Å². The molecule has 1 saturated heterocycles. The van der Waals surface area contributed by atoms with Crippen LogP contribution in [-0.2, 0) is 11.3 Å². The van der Waals surface area contributed by atoms with Gasteiger partial charge in [-0.2, -0.15) is 0 Å². The Morgan fingerprint density at radius 3 is 2.66 bits per heavy atom. The molecule has 6 heteroatoms. The second-order valence-electron chi connectivity index (χ2n) is 8.17. The molecule has 3 aromatic rings. The van der Waals surface area contributed by atoms with Gasteiger partial charge in [0.1, 0.15) is 0 Å². The Morgan fingerprint density at radius 1 is 1.17 bits per heavy atom. The first kappa shape index (κ1) is 19.3. The Balaban J connectivity index is 1.35. The molecule has 152 valence electrons. The molecule has 0 unspecified atom stereocenters. The fourth-order valence-corrected chi connectivity index (χ4v) is 3.98. The lowest BCUT2D eigenvalue weighted by Crippen LogP contribution is -2.41. The summed E-state index contributed by atoms with van der Waals surface area (Å²) in [4.78, 5) is 26.8. The summed E-state index contributed by atoms with van der Waals surface area (Å²) in [5.41, 5.74) is 2.00. The van der Waals surface area contributed by atoms with Crippen LogP contribution in [0.1, 0.15) is 37.2 Å². The fraction of sp³-hybridized carbons (Fsp3) is 0.391. The largest absolute Gasteiger partial charge is 0.459 e. The summed E-state index contributed by atoms with van der Waals surface area (Å²) < 4.78 is 7.43. The van der Waals surface area contributed by atoms with Crippen LogP contribution in [0, 0.1) is 11.8 Å². The van der Waals surface area contributed by atoms with Crippen LogP contribution in [-0.4, -0.2) is 34.4 Å². The average Bonchev–Trinajstić information content (AvgIpc) is 3.38. The topological polar surface area (TPSA) is 67.5 Å². The van der Waals surface area contributed by atoms with Crippen molar-refractivity contribution in [3.63, 3.8) is 0 Å². The van der Waals surface area contributed by atoms with Crippen molar-refractivity contribution in [2.45, 2.75) is 33.2 Å². The molecule has 1 fully saturated rings. The summed E-state index contributed by atoms with van der Waals surface area (Å²) in [7, 11) is 0. The number of amides is 2. The highest BCUT2D eigenvalue weighted by molar-refractivity contribution is 5.96. The number of hydrogen-bond acceptors (Lipinski definition) is 3. The molecule has 1 aliphatic rings. The number of aromatic nitrogens is 1. The van der Waals surface area contributed by atoms with Crippen molar-refractivity contribution < 1.29 is 14.0 Å². The zero-order chi connectivity index (χ0) is 20.4. The average molecular weight is 393 g/mol. The van der Waals surface area contributed by atoms with Crippen molar-refractivity contribution >= 4 is 28.4 Å². The van der Waals surface area contributed by atoms with Crippen LogP contribution in [0.4, 0.5) is 5.69 Å². The number of piperidine rings is 1. The van der Waals surface area contributed by atoms with E-state index in [9.17, 15) is 9.59 Å². The highest BCUT2D eigenvalue weighted by Crippen LogP contribution is 2.24. The molecule has 6 nitrogen and oxygen atoms in total. The minimum atomic E-state index is -0.106. The van der Waals surface area contributed by atoms with Gasteiger partial charge in [-0.15, -0.1) is 0 Å². The summed E-state index contributed by atoms with van der Waals surface area (Å²) in [6.45, 7) is 6.51. The van der Waals surface area contributed by atoms with Gasteiger partial charge < -0.3 is 19.2 Å². The zero-order valence-corrected chi connectivity index (χ0v) is 16.9. The van der Waals surface area contributed by atoms with Gasteiger partial charge in [0.25, 0.3) is 5.91 Å². The van der Waals surface area contributed by atoms with Crippen molar-refractivity contribution in [3.05, 3.63) is 54.6 Å². The van der Waals surface area contributed by atoms with E-state index in [1.54, 1.807) is 17.0 Å². The van der Waals surface area contributed by atoms with Crippen molar-refractivity contribution in [1.82, 2.24) is 9.47 Å². The lowest BCUT2D eigenvalue weighted by molar-refractivity contribution is -0.121. The first-order valence-electron chi connectivity index (χ1n) is 10.2. The predicted molar refractivity (Wildman–Crippen MR) is 113 cm³/mol. The summed E-state index contributed by atoms with van der Waals surface area (Å²) >= 11 is 0. The van der Waals surface area contributed by atoms with E-state index in [1.807, 2.05) is 12.1 Å². The Kier molecular flexibility index (Phi) is 5.43. The second kappa shape index (κ2) is 8.15. The smallest absolute Gasteiger partial charge is 0.289 e. The molecule has 0 spiro atoms. The van der Waals surface area contributed by atoms with E-state index < -0.39 is 0 Å². The number of carbonyl (C=O) groups is 2. The minimum absolute atomic E-state index is 0.0241. The summed E-state index contributed by atoms with van der Waals surface area (Å²) in [6, 6.07) is 11.5. The van der Waals surface area contributed by atoms with Crippen LogP contribution in [0.25, 0.3) is 10.9 Å². The molecule has 0 bridgehead atoms. The van der Waals surface area contributed by atoms with E-state index in [4.69, 9.17) is 4.42 Å². The van der Waals surface area contributed by atoms with Crippen molar-refractivity contribution in [3.8, 4) is 0 Å². The van der Waals surface area contributed by atoms with Gasteiger partial charge in [0.2, 0.25) is 5.91 Å². The molecule has 2 amide bonds. The molecular weight excluding hydrogens is 366 g/mol. The number of hydrogen-bond donors (Lipinski definition) is 1. The van der Waals surface area contributed by atoms with Gasteiger partial charge in [0, 0.05) is 48.3 Å². The maximum Gasteiger partial charge on any atom is 0.289 e. The minimum Gasteiger partial charge on any atom is -0.459 e. The van der Waals surface area contributed by atoms with E-state index >= 15 is 0 Å². The number of fused-ring (bicyclic) bond motifs is 1. The molecule has 4 rings (SSSR count). The molecule has 0 atom stereocenters. The highest BCUT2D eigenvalue weighted by atomic mass is 16.3. The van der Waals surface area contributed by atoms with Gasteiger partial charge in [0.15, 0.2) is 5.76 Å². The summed E-state index contributed by atoms with van der Waals surface area (Å²) in [5, 5.41) is 4.18. The maximum absolute atomic E-state index is 12.7. The summed E-state index contributed by atoms with van der Waals surface area (Å²) in [6.07, 6.45) is 4.92. The molecular formula is C23H27N3O3. The number of nitrogens with zero attached hydrogens (tertiary/aromatic N) is 2. The normalized spacial score (nSPS) is 15.2. The third kappa shape index (κ3) is 4.21. The monoisotopic (exact) mass is 393 g/mol. The lowest BCUT2D eigenvalue weighted by Gasteiger charge is -2.30. The van der Waals surface area contributed by atoms with Crippen molar-refractivity contribution in [2.75, 3.05) is 18.4 Å². The van der Waals surface area contributed by atoms with Gasteiger partial charge in [-0.25, -0.2) is 0 Å². The van der Waals surface area contributed by atoms with Crippen LogP contribution >= 0.6 is 0 Å². The van der Waals surface area contributed by atoms with Crippen LogP contribution in [0.15, 0.2) is 53.3 Å². The predicted octanol–water partition coefficient (Wildman–Crippen LogP) is 4.38. The third-order valence-corrected chi connectivity index (χ3v) is 5.49. The molecule has 0 radical (unpaired) electrons. The molecule has 1 N–H and O–H groups in total. The van der Waals surface area contributed by atoms with Crippen molar-refractivity contribution in [1.29, 1.82) is 0 Å². The van der Waals surface area contributed by atoms with Gasteiger partial charge >= 0.3 is 0 Å². The van der Waals surface area contributed by atoms with Crippen LogP contribution in [0.5, 0.6) is 0 Å². The van der Waals surface area contributed by atoms with Gasteiger partial charge in [-0.1, -0.05) is 13.8 Å². The number of likely N-dealkylation sites (tertiary alicyclic amines) is 1. The lowest BCUT2D eigenvalue weighted by atomic mass is 9.95. The molecule has 1 aliphatic heterocycles. The van der Waals surface area contributed by atoms with E-state index in [-0.39, 0.29) is 17.7 Å². The van der Waals surface area contributed by atoms with E-state index in [2.05, 4.69) is 42.1 Å². The molecule has 29 heavy (non-hydrogen) atoms. The number of nitrogens with one attached hydrogen (secondary N) is 1. The number of carbonyl (C=O) groups excluding carboxylic acids is 2. The molecule has 1 aromatic carbocycles. The summed E-state index contributed by atoms with van der Waals surface area (Å²) in [5.74, 6) is 0.763. The molecule has 0 aliphatic carbocycles. The second-order valence-corrected chi connectivity index (χ2v) is 8.17. The van der Waals surface area contributed by atoms with Crippen LogP contribution < -0.4 is 5.32 Å². The molecule has 0 saturated carbocycles. The number of furan rings is 1. The Labute approximate surface area is 170 Å². The Morgan fingerprint density at radius 2 is 1.97 bits per heavy atom. The van der Waals surface area contributed by atoms with E-state index in [1.165, 1.54) is 11.8 Å². The Hall–Kier alpha value is -3.02. The Bertz CT molecular complexity index is 996. The maximum atomic E-state index is 12.7. The fourth-order valence-electron chi connectivity index (χ4n) is 3.98. The number of rotatable bonds is 5. The van der Waals surface area contributed by atoms with E-state index in [0.29, 0.717) is 37.6 Å². The van der Waals surface area contributed by atoms with Crippen LogP contribution in [0.2, 0.25) is 0 Å². The number of anilines is 1.